The molecule has 136 valence electrons. The zero-order valence-corrected chi connectivity index (χ0v) is 15.8. The molecule has 0 unspecified atom stereocenters. The normalized spacial score (nSPS) is 13.2. The molecule has 1 aliphatic carbocycles. The standard InChI is InChI=1S/C20H16ClN3O2S/c21-14-5-3-12(4-6-14)18(25)23-15-7-9-16(10-8-15)24-19(26)17-11-22-20(27-17)13-1-2-13/h3-11,13H,1-2H2,(H,23,25)(H,24,26). The fourth-order valence-corrected chi connectivity index (χ4v) is 3.65. The molecule has 7 heteroatoms. The van der Waals surface area contributed by atoms with Crippen LogP contribution in [0.25, 0.3) is 0 Å². The van der Waals surface area contributed by atoms with Crippen molar-refractivity contribution in [2.75, 3.05) is 10.6 Å². The molecule has 3 aromatic rings. The number of hydrogen-bond donors (Lipinski definition) is 2. The molecule has 5 nitrogen and oxygen atoms in total. The molecule has 1 aliphatic rings. The molecule has 27 heavy (non-hydrogen) atoms. The first-order valence-corrected chi connectivity index (χ1v) is 9.72. The summed E-state index contributed by atoms with van der Waals surface area (Å²) in [6.45, 7) is 0. The van der Waals surface area contributed by atoms with Gasteiger partial charge >= 0.3 is 0 Å². The van der Waals surface area contributed by atoms with E-state index >= 15 is 0 Å². The minimum atomic E-state index is -0.222. The van der Waals surface area contributed by atoms with E-state index in [2.05, 4.69) is 15.6 Å². The molecule has 2 amide bonds. The average Bonchev–Trinajstić information content (AvgIpc) is 3.40. The van der Waals surface area contributed by atoms with Gasteiger partial charge in [0.05, 0.1) is 11.2 Å². The Balaban J connectivity index is 1.37. The van der Waals surface area contributed by atoms with Crippen LogP contribution in [0, 0.1) is 0 Å². The summed E-state index contributed by atoms with van der Waals surface area (Å²) >= 11 is 7.28. The molecule has 1 aromatic heterocycles. The van der Waals surface area contributed by atoms with E-state index in [0.717, 1.165) is 17.8 Å². The Morgan fingerprint density at radius 3 is 2.11 bits per heavy atom. The van der Waals surface area contributed by atoms with Crippen LogP contribution in [-0.2, 0) is 0 Å². The molecule has 0 atom stereocenters. The second kappa shape index (κ2) is 7.50. The molecule has 0 aliphatic heterocycles. The molecule has 4 rings (SSSR count). The van der Waals surface area contributed by atoms with Crippen LogP contribution in [0.1, 0.15) is 43.8 Å². The quantitative estimate of drug-likeness (QED) is 0.623. The van der Waals surface area contributed by atoms with Gasteiger partial charge in [-0.2, -0.15) is 0 Å². The zero-order chi connectivity index (χ0) is 18.8. The molecule has 0 spiro atoms. The van der Waals surface area contributed by atoms with Crippen LogP contribution in [0.5, 0.6) is 0 Å². The van der Waals surface area contributed by atoms with E-state index < -0.39 is 0 Å². The molecule has 1 fully saturated rings. The lowest BCUT2D eigenvalue weighted by molar-refractivity contribution is 0.102. The largest absolute Gasteiger partial charge is 0.322 e. The van der Waals surface area contributed by atoms with Crippen LogP contribution in [0.3, 0.4) is 0 Å². The minimum absolute atomic E-state index is 0.169. The molecule has 0 saturated heterocycles. The van der Waals surface area contributed by atoms with E-state index in [1.165, 1.54) is 11.3 Å². The van der Waals surface area contributed by atoms with Crippen molar-refractivity contribution in [1.29, 1.82) is 0 Å². The van der Waals surface area contributed by atoms with Gasteiger partial charge in [-0.25, -0.2) is 4.98 Å². The fraction of sp³-hybridized carbons (Fsp3) is 0.150. The van der Waals surface area contributed by atoms with Crippen LogP contribution < -0.4 is 10.6 Å². The summed E-state index contributed by atoms with van der Waals surface area (Å²) in [6.07, 6.45) is 3.96. The van der Waals surface area contributed by atoms with Gasteiger partial charge in [0.15, 0.2) is 0 Å². The van der Waals surface area contributed by atoms with Crippen molar-refractivity contribution in [3.63, 3.8) is 0 Å². The lowest BCUT2D eigenvalue weighted by Crippen LogP contribution is -2.12. The molecule has 2 aromatic carbocycles. The number of halogens is 1. The van der Waals surface area contributed by atoms with Crippen LogP contribution in [0.2, 0.25) is 5.02 Å². The first-order valence-electron chi connectivity index (χ1n) is 8.52. The van der Waals surface area contributed by atoms with Gasteiger partial charge in [0.2, 0.25) is 0 Å². The number of nitrogens with zero attached hydrogens (tertiary/aromatic N) is 1. The minimum Gasteiger partial charge on any atom is -0.322 e. The summed E-state index contributed by atoms with van der Waals surface area (Å²) in [5.41, 5.74) is 1.82. The van der Waals surface area contributed by atoms with E-state index in [-0.39, 0.29) is 11.8 Å². The highest BCUT2D eigenvalue weighted by molar-refractivity contribution is 7.13. The van der Waals surface area contributed by atoms with Gasteiger partial charge in [-0.05, 0) is 61.4 Å². The van der Waals surface area contributed by atoms with Crippen molar-refractivity contribution in [2.24, 2.45) is 0 Å². The van der Waals surface area contributed by atoms with Gasteiger partial charge in [0.1, 0.15) is 4.88 Å². The van der Waals surface area contributed by atoms with E-state index in [1.807, 2.05) is 0 Å². The third-order valence-electron chi connectivity index (χ3n) is 4.18. The number of anilines is 2. The molecule has 0 bridgehead atoms. The summed E-state index contributed by atoms with van der Waals surface area (Å²) in [5.74, 6) is 0.151. The molecule has 1 heterocycles. The van der Waals surface area contributed by atoms with E-state index in [1.54, 1.807) is 54.7 Å². The number of aromatic nitrogens is 1. The number of benzene rings is 2. The zero-order valence-electron chi connectivity index (χ0n) is 14.2. The van der Waals surface area contributed by atoms with Crippen LogP contribution >= 0.6 is 22.9 Å². The summed E-state index contributed by atoms with van der Waals surface area (Å²) in [5, 5.41) is 7.29. The Morgan fingerprint density at radius 1 is 0.926 bits per heavy atom. The highest BCUT2D eigenvalue weighted by atomic mass is 35.5. The Hall–Kier alpha value is -2.70. The van der Waals surface area contributed by atoms with Gasteiger partial charge in [0, 0.05) is 27.9 Å². The number of amides is 2. The van der Waals surface area contributed by atoms with Gasteiger partial charge < -0.3 is 10.6 Å². The number of carbonyl (C=O) groups is 2. The number of rotatable bonds is 5. The lowest BCUT2D eigenvalue weighted by Gasteiger charge is -2.07. The predicted molar refractivity (Wildman–Crippen MR) is 108 cm³/mol. The Labute approximate surface area is 165 Å². The fourth-order valence-electron chi connectivity index (χ4n) is 2.55. The van der Waals surface area contributed by atoms with E-state index in [9.17, 15) is 9.59 Å². The third-order valence-corrected chi connectivity index (χ3v) is 5.59. The van der Waals surface area contributed by atoms with Crippen molar-refractivity contribution < 1.29 is 9.59 Å². The maximum Gasteiger partial charge on any atom is 0.267 e. The second-order valence-electron chi connectivity index (χ2n) is 6.33. The van der Waals surface area contributed by atoms with Gasteiger partial charge in [0.25, 0.3) is 11.8 Å². The third kappa shape index (κ3) is 4.35. The lowest BCUT2D eigenvalue weighted by atomic mass is 10.2. The Kier molecular flexibility index (Phi) is 4.92. The molecular weight excluding hydrogens is 382 g/mol. The van der Waals surface area contributed by atoms with Crippen molar-refractivity contribution in [1.82, 2.24) is 4.98 Å². The summed E-state index contributed by atoms with van der Waals surface area (Å²) in [6, 6.07) is 13.6. The van der Waals surface area contributed by atoms with Crippen molar-refractivity contribution in [3.05, 3.63) is 75.2 Å². The highest BCUT2D eigenvalue weighted by Crippen LogP contribution is 2.41. The maximum atomic E-state index is 12.3. The molecule has 0 radical (unpaired) electrons. The molecule has 1 saturated carbocycles. The van der Waals surface area contributed by atoms with Crippen molar-refractivity contribution in [2.45, 2.75) is 18.8 Å². The van der Waals surface area contributed by atoms with Gasteiger partial charge in [-0.15, -0.1) is 11.3 Å². The predicted octanol–water partition coefficient (Wildman–Crippen LogP) is 5.18. The number of thiazole rings is 1. The number of hydrogen-bond acceptors (Lipinski definition) is 4. The Bertz CT molecular complexity index is 979. The molecule has 2 N–H and O–H groups in total. The molecular formula is C20H16ClN3O2S. The maximum absolute atomic E-state index is 12.3. The average molecular weight is 398 g/mol. The van der Waals surface area contributed by atoms with Gasteiger partial charge in [-0.1, -0.05) is 11.6 Å². The van der Waals surface area contributed by atoms with Crippen molar-refractivity contribution >= 4 is 46.1 Å². The monoisotopic (exact) mass is 397 g/mol. The first-order chi connectivity index (χ1) is 13.1. The summed E-state index contributed by atoms with van der Waals surface area (Å²) < 4.78 is 0. The smallest absolute Gasteiger partial charge is 0.267 e. The van der Waals surface area contributed by atoms with Crippen LogP contribution in [0.4, 0.5) is 11.4 Å². The first kappa shape index (κ1) is 17.7. The van der Waals surface area contributed by atoms with Crippen LogP contribution in [-0.4, -0.2) is 16.8 Å². The number of carbonyl (C=O) groups excluding carboxylic acids is 2. The highest BCUT2D eigenvalue weighted by Gasteiger charge is 2.27. The van der Waals surface area contributed by atoms with Crippen LogP contribution in [0.15, 0.2) is 54.7 Å². The number of nitrogens with one attached hydrogen (secondary N) is 2. The summed E-state index contributed by atoms with van der Waals surface area (Å²) in [4.78, 5) is 29.5. The Morgan fingerprint density at radius 2 is 1.52 bits per heavy atom. The van der Waals surface area contributed by atoms with Crippen molar-refractivity contribution in [3.8, 4) is 0 Å². The SMILES string of the molecule is O=C(Nc1ccc(NC(=O)c2cnc(C3CC3)s2)cc1)c1ccc(Cl)cc1. The van der Waals surface area contributed by atoms with Gasteiger partial charge in [-0.3, -0.25) is 9.59 Å². The second-order valence-corrected chi connectivity index (χ2v) is 7.83. The summed E-state index contributed by atoms with van der Waals surface area (Å²) in [7, 11) is 0. The van der Waals surface area contributed by atoms with E-state index in [4.69, 9.17) is 11.6 Å². The van der Waals surface area contributed by atoms with E-state index in [0.29, 0.717) is 32.8 Å². The topological polar surface area (TPSA) is 71.1 Å².